The third-order valence-corrected chi connectivity index (χ3v) is 3.99. The normalized spacial score (nSPS) is 11.9. The number of rotatable bonds is 7. The number of nitrogens with two attached hydrogens (primary N) is 1. The molecule has 0 saturated carbocycles. The molecule has 0 saturated heterocycles. The van der Waals surface area contributed by atoms with Crippen LogP contribution in [-0.4, -0.2) is 24.0 Å². The second-order valence-electron chi connectivity index (χ2n) is 4.31. The summed E-state index contributed by atoms with van der Waals surface area (Å²) in [7, 11) is 1.58. The van der Waals surface area contributed by atoms with E-state index in [1.165, 1.54) is 0 Å². The first-order valence-electron chi connectivity index (χ1n) is 6.44. The second-order valence-corrected chi connectivity index (χ2v) is 5.76. The van der Waals surface area contributed by atoms with Gasteiger partial charge in [0.25, 0.3) is 0 Å². The van der Waals surface area contributed by atoms with Crippen LogP contribution in [0.15, 0.2) is 18.2 Å². The molecule has 19 heavy (non-hydrogen) atoms. The van der Waals surface area contributed by atoms with Gasteiger partial charge in [-0.15, -0.1) is 11.8 Å². The Balaban J connectivity index is 2.56. The number of nitrogens with one attached hydrogen (secondary N) is 1. The van der Waals surface area contributed by atoms with E-state index in [1.807, 2.05) is 6.92 Å². The Kier molecular flexibility index (Phi) is 6.56. The quantitative estimate of drug-likeness (QED) is 0.595. The van der Waals surface area contributed by atoms with Gasteiger partial charge in [0.05, 0.1) is 23.7 Å². The lowest BCUT2D eigenvalue weighted by atomic mass is 10.2. The smallest absolute Gasteiger partial charge is 0.237 e. The highest BCUT2D eigenvalue weighted by Crippen LogP contribution is 2.25. The van der Waals surface area contributed by atoms with Crippen molar-refractivity contribution in [3.8, 4) is 5.75 Å². The molecule has 1 amide bonds. The molecule has 0 heterocycles. The van der Waals surface area contributed by atoms with Gasteiger partial charge in [0, 0.05) is 6.07 Å². The van der Waals surface area contributed by atoms with Crippen molar-refractivity contribution >= 4 is 29.0 Å². The molecule has 1 aromatic carbocycles. The highest BCUT2D eigenvalue weighted by atomic mass is 32.2. The zero-order valence-electron chi connectivity index (χ0n) is 11.7. The van der Waals surface area contributed by atoms with E-state index < -0.39 is 0 Å². The summed E-state index contributed by atoms with van der Waals surface area (Å²) < 4.78 is 5.07. The molecule has 1 rings (SSSR count). The van der Waals surface area contributed by atoms with Crippen molar-refractivity contribution in [3.05, 3.63) is 18.2 Å². The number of carbonyl (C=O) groups excluding carboxylic acids is 1. The lowest BCUT2D eigenvalue weighted by Gasteiger charge is -2.13. The summed E-state index contributed by atoms with van der Waals surface area (Å²) in [6, 6.07) is 5.24. The fourth-order valence-corrected chi connectivity index (χ4v) is 2.52. The van der Waals surface area contributed by atoms with Crippen LogP contribution in [0.4, 0.5) is 11.4 Å². The third-order valence-electron chi connectivity index (χ3n) is 2.75. The number of thioether (sulfide) groups is 1. The van der Waals surface area contributed by atoms with Gasteiger partial charge in [-0.25, -0.2) is 0 Å². The van der Waals surface area contributed by atoms with Crippen LogP contribution in [0.1, 0.15) is 26.7 Å². The Morgan fingerprint density at radius 2 is 2.26 bits per heavy atom. The maximum atomic E-state index is 12.0. The number of hydrogen-bond acceptors (Lipinski definition) is 4. The van der Waals surface area contributed by atoms with E-state index in [0.29, 0.717) is 17.1 Å². The number of unbranched alkanes of at least 4 members (excludes halogenated alkanes) is 1. The number of amides is 1. The van der Waals surface area contributed by atoms with E-state index in [1.54, 1.807) is 37.1 Å². The van der Waals surface area contributed by atoms with E-state index in [9.17, 15) is 4.79 Å². The first-order valence-corrected chi connectivity index (χ1v) is 7.49. The maximum absolute atomic E-state index is 12.0. The predicted octanol–water partition coefficient (Wildman–Crippen LogP) is 3.14. The van der Waals surface area contributed by atoms with Crippen molar-refractivity contribution in [2.24, 2.45) is 0 Å². The molecule has 0 aromatic heterocycles. The number of ether oxygens (including phenoxy) is 1. The van der Waals surface area contributed by atoms with Gasteiger partial charge < -0.3 is 15.8 Å². The second kappa shape index (κ2) is 7.94. The Bertz CT molecular complexity index is 424. The average Bonchev–Trinajstić information content (AvgIpc) is 2.41. The number of hydrogen-bond donors (Lipinski definition) is 2. The molecule has 3 N–H and O–H groups in total. The van der Waals surface area contributed by atoms with Crippen LogP contribution >= 0.6 is 11.8 Å². The van der Waals surface area contributed by atoms with Crippen LogP contribution in [-0.2, 0) is 4.79 Å². The topological polar surface area (TPSA) is 64.3 Å². The number of benzene rings is 1. The van der Waals surface area contributed by atoms with Crippen LogP contribution in [0.25, 0.3) is 0 Å². The molecule has 4 nitrogen and oxygen atoms in total. The largest absolute Gasteiger partial charge is 0.497 e. The highest BCUT2D eigenvalue weighted by Gasteiger charge is 2.14. The minimum atomic E-state index is -0.0759. The van der Waals surface area contributed by atoms with Gasteiger partial charge in [0.2, 0.25) is 5.91 Å². The van der Waals surface area contributed by atoms with Crippen LogP contribution in [0.3, 0.4) is 0 Å². The fourth-order valence-electron chi connectivity index (χ4n) is 1.50. The van der Waals surface area contributed by atoms with E-state index in [-0.39, 0.29) is 11.2 Å². The summed E-state index contributed by atoms with van der Waals surface area (Å²) >= 11 is 1.66. The predicted molar refractivity (Wildman–Crippen MR) is 82.9 cm³/mol. The standard InChI is InChI=1S/C14H22N2O2S/c1-4-5-8-19-10(2)14(17)16-13-7-6-11(18-3)9-12(13)15/h6-7,9-10H,4-5,8,15H2,1-3H3,(H,16,17). The van der Waals surface area contributed by atoms with Crippen molar-refractivity contribution in [3.63, 3.8) is 0 Å². The molecular weight excluding hydrogens is 260 g/mol. The van der Waals surface area contributed by atoms with E-state index in [0.717, 1.165) is 18.6 Å². The van der Waals surface area contributed by atoms with Crippen molar-refractivity contribution < 1.29 is 9.53 Å². The van der Waals surface area contributed by atoms with Gasteiger partial charge >= 0.3 is 0 Å². The van der Waals surface area contributed by atoms with Gasteiger partial charge in [0.1, 0.15) is 5.75 Å². The summed E-state index contributed by atoms with van der Waals surface area (Å²) in [6.07, 6.45) is 2.28. The summed E-state index contributed by atoms with van der Waals surface area (Å²) in [4.78, 5) is 12.0. The van der Waals surface area contributed by atoms with E-state index in [4.69, 9.17) is 10.5 Å². The highest BCUT2D eigenvalue weighted by molar-refractivity contribution is 8.00. The van der Waals surface area contributed by atoms with Crippen LogP contribution in [0.5, 0.6) is 5.75 Å². The lowest BCUT2D eigenvalue weighted by molar-refractivity contribution is -0.115. The zero-order valence-corrected chi connectivity index (χ0v) is 12.5. The molecule has 0 fully saturated rings. The Hall–Kier alpha value is -1.36. The molecule has 0 bridgehead atoms. The number of nitrogen functional groups attached to an aromatic ring is 1. The molecule has 0 spiro atoms. The Labute approximate surface area is 119 Å². The van der Waals surface area contributed by atoms with Gasteiger partial charge in [0.15, 0.2) is 0 Å². The molecule has 106 valence electrons. The van der Waals surface area contributed by atoms with Crippen molar-refractivity contribution in [2.45, 2.75) is 31.9 Å². The maximum Gasteiger partial charge on any atom is 0.237 e. The summed E-state index contributed by atoms with van der Waals surface area (Å²) in [5, 5.41) is 2.77. The summed E-state index contributed by atoms with van der Waals surface area (Å²) in [5.74, 6) is 1.67. The molecule has 1 unspecified atom stereocenters. The first kappa shape index (κ1) is 15.7. The van der Waals surface area contributed by atoms with Gasteiger partial charge in [-0.1, -0.05) is 13.3 Å². The molecule has 0 aliphatic rings. The summed E-state index contributed by atoms with van der Waals surface area (Å²) in [6.45, 7) is 4.05. The van der Waals surface area contributed by atoms with E-state index in [2.05, 4.69) is 12.2 Å². The van der Waals surface area contributed by atoms with Crippen LogP contribution < -0.4 is 15.8 Å². The SMILES string of the molecule is CCCCSC(C)C(=O)Nc1ccc(OC)cc1N. The monoisotopic (exact) mass is 282 g/mol. The zero-order chi connectivity index (χ0) is 14.3. The van der Waals surface area contributed by atoms with Crippen molar-refractivity contribution in [1.82, 2.24) is 0 Å². The third kappa shape index (κ3) is 5.03. The molecule has 0 aliphatic carbocycles. The minimum Gasteiger partial charge on any atom is -0.497 e. The number of anilines is 2. The molecular formula is C14H22N2O2S. The average molecular weight is 282 g/mol. The molecule has 0 radical (unpaired) electrons. The van der Waals surface area contributed by atoms with Crippen LogP contribution in [0, 0.1) is 0 Å². The van der Waals surface area contributed by atoms with Gasteiger partial charge in [-0.3, -0.25) is 4.79 Å². The minimum absolute atomic E-state index is 0.0158. The molecule has 1 aromatic rings. The van der Waals surface area contributed by atoms with Gasteiger partial charge in [-0.05, 0) is 31.2 Å². The fraction of sp³-hybridized carbons (Fsp3) is 0.500. The number of carbonyl (C=O) groups is 1. The Morgan fingerprint density at radius 1 is 1.53 bits per heavy atom. The lowest BCUT2D eigenvalue weighted by Crippen LogP contribution is -2.23. The number of methoxy groups -OCH3 is 1. The first-order chi connectivity index (χ1) is 9.08. The summed E-state index contributed by atoms with van der Waals surface area (Å²) in [5.41, 5.74) is 7.01. The Morgan fingerprint density at radius 3 is 2.84 bits per heavy atom. The molecule has 5 heteroatoms. The van der Waals surface area contributed by atoms with Crippen molar-refractivity contribution in [2.75, 3.05) is 23.9 Å². The molecule has 1 atom stereocenters. The van der Waals surface area contributed by atoms with Crippen molar-refractivity contribution in [1.29, 1.82) is 0 Å². The molecule has 0 aliphatic heterocycles. The van der Waals surface area contributed by atoms with Gasteiger partial charge in [-0.2, -0.15) is 0 Å². The van der Waals surface area contributed by atoms with E-state index >= 15 is 0 Å². The van der Waals surface area contributed by atoms with Crippen LogP contribution in [0.2, 0.25) is 0 Å².